The van der Waals surface area contributed by atoms with Gasteiger partial charge in [-0.05, 0) is 19.3 Å². The number of nitrogens with two attached hydrogens (primary N) is 2. The molecule has 2 atom stereocenters. The normalized spacial score (nSPS) is 12.0. The number of rotatable bonds is 33. The molecular formula is C32H58N6O11. The van der Waals surface area contributed by atoms with Crippen LogP contribution in [0.1, 0.15) is 103 Å². The van der Waals surface area contributed by atoms with Gasteiger partial charge in [0.05, 0.1) is 33.0 Å². The Morgan fingerprint density at radius 1 is 0.592 bits per heavy atom. The van der Waals surface area contributed by atoms with Gasteiger partial charge in [0.1, 0.15) is 18.7 Å². The molecule has 6 amide bonds. The molecule has 0 aromatic carbocycles. The molecule has 0 aliphatic carbocycles. The van der Waals surface area contributed by atoms with Crippen molar-refractivity contribution in [2.45, 2.75) is 115 Å². The summed E-state index contributed by atoms with van der Waals surface area (Å²) in [5.41, 5.74) is 10.2. The van der Waals surface area contributed by atoms with Crippen molar-refractivity contribution in [3.63, 3.8) is 0 Å². The smallest absolute Gasteiger partial charge is 0.303 e. The molecule has 17 nitrogen and oxygen atoms in total. The first-order chi connectivity index (χ1) is 23.5. The van der Waals surface area contributed by atoms with Crippen LogP contribution in [0.5, 0.6) is 0 Å². The highest BCUT2D eigenvalue weighted by Gasteiger charge is 2.25. The van der Waals surface area contributed by atoms with E-state index < -0.39 is 60.7 Å². The largest absolute Gasteiger partial charge is 0.481 e. The first-order valence-electron chi connectivity index (χ1n) is 17.1. The Hall–Kier alpha value is -3.83. The summed E-state index contributed by atoms with van der Waals surface area (Å²) in [6, 6.07) is -2.67. The maximum absolute atomic E-state index is 12.3. The number of unbranched alkanes of at least 4 members (excludes halogenated alkanes) is 11. The van der Waals surface area contributed by atoms with Gasteiger partial charge in [-0.15, -0.1) is 0 Å². The minimum Gasteiger partial charge on any atom is -0.481 e. The van der Waals surface area contributed by atoms with Gasteiger partial charge in [-0.3, -0.25) is 33.6 Å². The highest BCUT2D eigenvalue weighted by molar-refractivity contribution is 5.93. The molecule has 0 spiro atoms. The number of primary amides is 2. The third kappa shape index (κ3) is 28.9. The summed E-state index contributed by atoms with van der Waals surface area (Å²) in [7, 11) is 0. The quantitative estimate of drug-likeness (QED) is 0.0404. The Bertz CT molecular complexity index is 999. The maximum Gasteiger partial charge on any atom is 0.303 e. The summed E-state index contributed by atoms with van der Waals surface area (Å²) in [5, 5.41) is 27.6. The predicted octanol–water partition coefficient (Wildman–Crippen LogP) is -0.489. The lowest BCUT2D eigenvalue weighted by molar-refractivity contribution is -0.137. The van der Waals surface area contributed by atoms with Crippen molar-refractivity contribution in [3.8, 4) is 0 Å². The maximum atomic E-state index is 12.3. The summed E-state index contributed by atoms with van der Waals surface area (Å²) >= 11 is 0. The van der Waals surface area contributed by atoms with Crippen molar-refractivity contribution in [1.82, 2.24) is 21.3 Å². The Labute approximate surface area is 288 Å². The number of hydrogen-bond acceptors (Lipinski definition) is 10. The van der Waals surface area contributed by atoms with Crippen molar-refractivity contribution in [3.05, 3.63) is 0 Å². The zero-order chi connectivity index (χ0) is 36.7. The standard InChI is InChI=1S/C32H58N6O11/c33-26(40)16-15-24(31(34)46)38-32(47)25(22-39)37-28(42)21-36-29(43)23-49-20-19-48-18-17-35-27(41)13-11-9-7-5-3-1-2-4-6-8-10-12-14-30(44)45/h24-25,39H,1-23H2,(H2,33,40)(H2,34,46)(H,35,41)(H,36,43)(H,37,42)(H,38,47)(H,44,45)/t24-,25-/m0/s1. The van der Waals surface area contributed by atoms with Gasteiger partial charge in [0.25, 0.3) is 0 Å². The molecule has 49 heavy (non-hydrogen) atoms. The van der Waals surface area contributed by atoms with Gasteiger partial charge in [-0.2, -0.15) is 0 Å². The highest BCUT2D eigenvalue weighted by atomic mass is 16.5. The number of aliphatic carboxylic acids is 1. The fourth-order valence-corrected chi connectivity index (χ4v) is 4.58. The van der Waals surface area contributed by atoms with Gasteiger partial charge in [-0.1, -0.05) is 64.2 Å². The molecule has 0 aromatic heterocycles. The molecule has 0 aliphatic heterocycles. The Morgan fingerprint density at radius 2 is 1.14 bits per heavy atom. The number of carboxylic acid groups (broad SMARTS) is 1. The molecule has 0 bridgehead atoms. The van der Waals surface area contributed by atoms with Crippen LogP contribution in [-0.2, 0) is 43.0 Å². The number of amides is 6. The lowest BCUT2D eigenvalue weighted by Crippen LogP contribution is -2.55. The van der Waals surface area contributed by atoms with E-state index in [2.05, 4.69) is 21.3 Å². The Morgan fingerprint density at radius 3 is 1.67 bits per heavy atom. The second kappa shape index (κ2) is 30.2. The molecule has 0 radical (unpaired) electrons. The van der Waals surface area contributed by atoms with E-state index in [9.17, 15) is 38.7 Å². The first kappa shape index (κ1) is 45.2. The number of aliphatic hydroxyl groups is 1. The van der Waals surface area contributed by atoms with Crippen LogP contribution in [0.25, 0.3) is 0 Å². The topological polar surface area (TPSA) is 279 Å². The highest BCUT2D eigenvalue weighted by Crippen LogP contribution is 2.13. The zero-order valence-corrected chi connectivity index (χ0v) is 28.6. The molecule has 0 aromatic rings. The van der Waals surface area contributed by atoms with Crippen molar-refractivity contribution >= 4 is 41.4 Å². The molecule has 282 valence electrons. The molecule has 0 heterocycles. The van der Waals surface area contributed by atoms with Gasteiger partial charge in [0.15, 0.2) is 0 Å². The van der Waals surface area contributed by atoms with Crippen LogP contribution in [0, 0.1) is 0 Å². The predicted molar refractivity (Wildman–Crippen MR) is 179 cm³/mol. The molecule has 0 rings (SSSR count). The fourth-order valence-electron chi connectivity index (χ4n) is 4.58. The van der Waals surface area contributed by atoms with E-state index in [1.165, 1.54) is 38.5 Å². The van der Waals surface area contributed by atoms with Gasteiger partial charge >= 0.3 is 5.97 Å². The summed E-state index contributed by atoms with van der Waals surface area (Å²) in [6.07, 6.45) is 13.4. The van der Waals surface area contributed by atoms with Gasteiger partial charge in [-0.25, -0.2) is 0 Å². The van der Waals surface area contributed by atoms with Crippen LogP contribution >= 0.6 is 0 Å². The van der Waals surface area contributed by atoms with Crippen molar-refractivity contribution < 1.29 is 53.2 Å². The van der Waals surface area contributed by atoms with Crippen LogP contribution in [0.4, 0.5) is 0 Å². The molecule has 0 saturated carbocycles. The van der Waals surface area contributed by atoms with Gasteiger partial charge < -0.3 is 52.4 Å². The summed E-state index contributed by atoms with van der Waals surface area (Å²) in [4.78, 5) is 81.1. The molecule has 17 heteroatoms. The number of aliphatic hydroxyl groups excluding tert-OH is 1. The Balaban J connectivity index is 3.74. The molecule has 0 saturated heterocycles. The molecule has 0 fully saturated rings. The molecular weight excluding hydrogens is 644 g/mol. The van der Waals surface area contributed by atoms with Crippen molar-refractivity contribution in [2.24, 2.45) is 11.5 Å². The fraction of sp³-hybridized carbons (Fsp3) is 0.781. The van der Waals surface area contributed by atoms with E-state index in [0.29, 0.717) is 13.0 Å². The number of carbonyl (C=O) groups is 7. The first-order valence-corrected chi connectivity index (χ1v) is 17.1. The van der Waals surface area contributed by atoms with E-state index in [0.717, 1.165) is 38.5 Å². The van der Waals surface area contributed by atoms with Crippen LogP contribution < -0.4 is 32.7 Å². The second-order valence-corrected chi connectivity index (χ2v) is 11.7. The number of ether oxygens (including phenoxy) is 2. The lowest BCUT2D eigenvalue weighted by Gasteiger charge is -2.20. The number of nitrogens with one attached hydrogen (secondary N) is 4. The summed E-state index contributed by atoms with van der Waals surface area (Å²) in [5.74, 6) is -4.67. The van der Waals surface area contributed by atoms with Crippen molar-refractivity contribution in [2.75, 3.05) is 46.1 Å². The average molecular weight is 703 g/mol. The van der Waals surface area contributed by atoms with E-state index in [1.807, 2.05) is 0 Å². The second-order valence-electron chi connectivity index (χ2n) is 11.7. The SMILES string of the molecule is NC(=O)CC[C@H](NC(=O)[C@H](CO)NC(=O)CNC(=O)COCCOCCNC(=O)CCCCCCCCCCCCCCC(=O)O)C(N)=O. The zero-order valence-electron chi connectivity index (χ0n) is 28.6. The van der Waals surface area contributed by atoms with Crippen LogP contribution in [0.15, 0.2) is 0 Å². The molecule has 0 unspecified atom stereocenters. The monoisotopic (exact) mass is 702 g/mol. The molecule has 10 N–H and O–H groups in total. The summed E-state index contributed by atoms with van der Waals surface area (Å²) in [6.45, 7) is -0.726. The van der Waals surface area contributed by atoms with Gasteiger partial charge in [0, 0.05) is 25.8 Å². The number of carbonyl (C=O) groups excluding carboxylic acids is 6. The van der Waals surface area contributed by atoms with E-state index in [-0.39, 0.29) is 51.6 Å². The minimum absolute atomic E-state index is 0.0232. The third-order valence-corrected chi connectivity index (χ3v) is 7.34. The number of carboxylic acids is 1. The van der Waals surface area contributed by atoms with E-state index >= 15 is 0 Å². The van der Waals surface area contributed by atoms with Crippen molar-refractivity contribution in [1.29, 1.82) is 0 Å². The average Bonchev–Trinajstić information content (AvgIpc) is 3.05. The Kier molecular flexibility index (Phi) is 27.9. The van der Waals surface area contributed by atoms with Crippen LogP contribution in [0.3, 0.4) is 0 Å². The third-order valence-electron chi connectivity index (χ3n) is 7.34. The summed E-state index contributed by atoms with van der Waals surface area (Å²) < 4.78 is 10.6. The molecule has 0 aliphatic rings. The number of hydrogen-bond donors (Lipinski definition) is 8. The minimum atomic E-state index is -1.43. The van der Waals surface area contributed by atoms with Crippen LogP contribution in [0.2, 0.25) is 0 Å². The van der Waals surface area contributed by atoms with E-state index in [4.69, 9.17) is 26.0 Å². The van der Waals surface area contributed by atoms with Crippen LogP contribution in [-0.4, -0.2) is 110 Å². The van der Waals surface area contributed by atoms with E-state index in [1.54, 1.807) is 0 Å². The lowest BCUT2D eigenvalue weighted by atomic mass is 10.0. The van der Waals surface area contributed by atoms with Gasteiger partial charge in [0.2, 0.25) is 35.4 Å².